The van der Waals surface area contributed by atoms with Gasteiger partial charge < -0.3 is 9.84 Å². The Kier molecular flexibility index (Phi) is 3.39. The van der Waals surface area contributed by atoms with E-state index in [2.05, 4.69) is 0 Å². The van der Waals surface area contributed by atoms with Crippen LogP contribution in [-0.4, -0.2) is 54.1 Å². The van der Waals surface area contributed by atoms with Gasteiger partial charge in [-0.25, -0.2) is 0 Å². The Morgan fingerprint density at radius 3 is 2.54 bits per heavy atom. The summed E-state index contributed by atoms with van der Waals surface area (Å²) in [6.07, 6.45) is 0. The summed E-state index contributed by atoms with van der Waals surface area (Å²) >= 11 is 0. The number of ketones is 1. The summed E-state index contributed by atoms with van der Waals surface area (Å²) in [5.74, 6) is -0.976. The molecule has 1 saturated heterocycles. The van der Waals surface area contributed by atoms with E-state index in [0.29, 0.717) is 0 Å². The maximum absolute atomic E-state index is 10.7. The van der Waals surface area contributed by atoms with Crippen molar-refractivity contribution in [3.8, 4) is 0 Å². The Morgan fingerprint density at radius 1 is 1.54 bits per heavy atom. The third-order valence-electron chi connectivity index (χ3n) is 1.79. The first kappa shape index (κ1) is 10.1. The fourth-order valence-electron chi connectivity index (χ4n) is 1.02. The number of ether oxygens (including phenoxy) is 1. The van der Waals surface area contributed by atoms with Crippen molar-refractivity contribution in [3.63, 3.8) is 0 Å². The maximum Gasteiger partial charge on any atom is 0.323 e. The summed E-state index contributed by atoms with van der Waals surface area (Å²) in [7, 11) is 0. The average Bonchev–Trinajstić information content (AvgIpc) is 2.79. The summed E-state index contributed by atoms with van der Waals surface area (Å²) in [5, 5.41) is 8.74. The first-order valence-corrected chi connectivity index (χ1v) is 4.15. The number of carboxylic acids is 1. The van der Waals surface area contributed by atoms with E-state index in [1.807, 2.05) is 0 Å². The zero-order valence-corrected chi connectivity index (χ0v) is 7.52. The molecule has 0 amide bonds. The van der Waals surface area contributed by atoms with Gasteiger partial charge in [0.1, 0.15) is 12.6 Å². The molecule has 1 fully saturated rings. The third-order valence-corrected chi connectivity index (χ3v) is 1.79. The van der Waals surface area contributed by atoms with Crippen LogP contribution >= 0.6 is 0 Å². The molecule has 5 nitrogen and oxygen atoms in total. The monoisotopic (exact) mass is 187 g/mol. The number of aliphatic carboxylic acids is 1. The molecule has 5 heteroatoms. The lowest BCUT2D eigenvalue weighted by Crippen LogP contribution is -2.34. The summed E-state index contributed by atoms with van der Waals surface area (Å²) < 4.78 is 4.95. The molecule has 1 unspecified atom stereocenters. The number of hydrogen-bond donors (Lipinski definition) is 1. The van der Waals surface area contributed by atoms with Crippen LogP contribution in [0.4, 0.5) is 0 Å². The fraction of sp³-hybridized carbons (Fsp3) is 0.750. The molecule has 1 rings (SSSR count). The van der Waals surface area contributed by atoms with Gasteiger partial charge in [-0.05, 0) is 6.92 Å². The lowest BCUT2D eigenvalue weighted by atomic mass is 10.3. The number of hydrogen-bond acceptors (Lipinski definition) is 4. The van der Waals surface area contributed by atoms with E-state index in [1.165, 1.54) is 6.92 Å². The molecule has 13 heavy (non-hydrogen) atoms. The smallest absolute Gasteiger partial charge is 0.323 e. The molecular formula is C8H13NO4. The predicted octanol–water partition coefficient (Wildman–Crippen LogP) is -0.639. The zero-order chi connectivity index (χ0) is 9.84. The highest BCUT2D eigenvalue weighted by molar-refractivity contribution is 5.77. The zero-order valence-electron chi connectivity index (χ0n) is 7.52. The van der Waals surface area contributed by atoms with E-state index in [-0.39, 0.29) is 19.0 Å². The van der Waals surface area contributed by atoms with Gasteiger partial charge in [-0.1, -0.05) is 0 Å². The highest BCUT2D eigenvalue weighted by atomic mass is 16.5. The molecule has 1 heterocycles. The molecule has 1 aliphatic rings. The van der Waals surface area contributed by atoms with E-state index in [1.54, 1.807) is 4.90 Å². The third kappa shape index (κ3) is 3.52. The van der Waals surface area contributed by atoms with Gasteiger partial charge in [-0.2, -0.15) is 0 Å². The number of carbonyl (C=O) groups excluding carboxylic acids is 1. The summed E-state index contributed by atoms with van der Waals surface area (Å²) in [5.41, 5.74) is 0. The highest BCUT2D eigenvalue weighted by Crippen LogP contribution is 2.11. The highest BCUT2D eigenvalue weighted by Gasteiger charge is 2.33. The number of rotatable bonds is 6. The van der Waals surface area contributed by atoms with E-state index >= 15 is 0 Å². The van der Waals surface area contributed by atoms with E-state index in [4.69, 9.17) is 9.84 Å². The van der Waals surface area contributed by atoms with E-state index in [9.17, 15) is 9.59 Å². The molecule has 0 saturated carbocycles. The number of carboxylic acid groups (broad SMARTS) is 1. The molecule has 1 atom stereocenters. The van der Waals surface area contributed by atoms with Crippen LogP contribution in [0.5, 0.6) is 0 Å². The first-order valence-electron chi connectivity index (χ1n) is 4.15. The van der Waals surface area contributed by atoms with Crippen LogP contribution in [0.1, 0.15) is 6.92 Å². The molecule has 0 aliphatic carbocycles. The van der Waals surface area contributed by atoms with Crippen molar-refractivity contribution in [3.05, 3.63) is 0 Å². The quantitative estimate of drug-likeness (QED) is 0.560. The van der Waals surface area contributed by atoms with E-state index < -0.39 is 12.0 Å². The van der Waals surface area contributed by atoms with Crippen LogP contribution in [0.25, 0.3) is 0 Å². The van der Waals surface area contributed by atoms with Gasteiger partial charge in [-0.3, -0.25) is 14.5 Å². The fourth-order valence-corrected chi connectivity index (χ4v) is 1.02. The minimum absolute atomic E-state index is 0.00236. The van der Waals surface area contributed by atoms with Crippen LogP contribution in [0, 0.1) is 0 Å². The molecule has 0 bridgehead atoms. The Morgan fingerprint density at radius 2 is 2.15 bits per heavy atom. The molecule has 0 aromatic heterocycles. The van der Waals surface area contributed by atoms with Crippen LogP contribution in [-0.2, 0) is 14.3 Å². The average molecular weight is 187 g/mol. The van der Waals surface area contributed by atoms with Gasteiger partial charge in [0.05, 0.1) is 6.61 Å². The first-order chi connectivity index (χ1) is 6.11. The second-order valence-electron chi connectivity index (χ2n) is 3.11. The lowest BCUT2D eigenvalue weighted by molar-refractivity contribution is -0.144. The summed E-state index contributed by atoms with van der Waals surface area (Å²) in [6, 6.07) is -0.584. The van der Waals surface area contributed by atoms with Gasteiger partial charge in [-0.15, -0.1) is 0 Å². The Labute approximate surface area is 76.3 Å². The SMILES string of the molecule is CC(=O)COCC(C(=O)O)N1CC1. The van der Waals surface area contributed by atoms with Crippen molar-refractivity contribution < 1.29 is 19.4 Å². The number of Topliss-reactive ketones (excluding diaryl/α,β-unsaturated/α-hetero) is 1. The van der Waals surface area contributed by atoms with Crippen molar-refractivity contribution >= 4 is 11.8 Å². The van der Waals surface area contributed by atoms with Crippen molar-refractivity contribution in [1.82, 2.24) is 4.90 Å². The summed E-state index contributed by atoms with van der Waals surface area (Å²) in [6.45, 7) is 3.11. The van der Waals surface area contributed by atoms with Crippen molar-refractivity contribution in [2.45, 2.75) is 13.0 Å². The molecule has 0 aromatic rings. The second kappa shape index (κ2) is 4.34. The molecule has 0 aromatic carbocycles. The molecule has 0 spiro atoms. The number of nitrogens with zero attached hydrogens (tertiary/aromatic N) is 1. The van der Waals surface area contributed by atoms with Gasteiger partial charge in [0.15, 0.2) is 5.78 Å². The largest absolute Gasteiger partial charge is 0.480 e. The van der Waals surface area contributed by atoms with Crippen LogP contribution in [0.3, 0.4) is 0 Å². The van der Waals surface area contributed by atoms with Crippen LogP contribution in [0.2, 0.25) is 0 Å². The van der Waals surface area contributed by atoms with Gasteiger partial charge in [0, 0.05) is 13.1 Å². The lowest BCUT2D eigenvalue weighted by Gasteiger charge is -2.12. The Balaban J connectivity index is 2.22. The topological polar surface area (TPSA) is 66.6 Å². The standard InChI is InChI=1S/C8H13NO4/c1-6(10)4-13-5-7(8(11)12)9-2-3-9/h7H,2-5H2,1H3,(H,11,12). The minimum Gasteiger partial charge on any atom is -0.480 e. The Bertz CT molecular complexity index is 212. The Hall–Kier alpha value is -0.940. The van der Waals surface area contributed by atoms with Crippen molar-refractivity contribution in [2.24, 2.45) is 0 Å². The van der Waals surface area contributed by atoms with Crippen LogP contribution in [0.15, 0.2) is 0 Å². The molecule has 74 valence electrons. The molecule has 1 N–H and O–H groups in total. The number of carbonyl (C=O) groups is 2. The van der Waals surface area contributed by atoms with Crippen molar-refractivity contribution in [1.29, 1.82) is 0 Å². The maximum atomic E-state index is 10.7. The molecule has 1 aliphatic heterocycles. The molecule has 0 radical (unpaired) electrons. The van der Waals surface area contributed by atoms with Gasteiger partial charge in [0.25, 0.3) is 0 Å². The van der Waals surface area contributed by atoms with Crippen molar-refractivity contribution in [2.75, 3.05) is 26.3 Å². The van der Waals surface area contributed by atoms with E-state index in [0.717, 1.165) is 13.1 Å². The summed E-state index contributed by atoms with van der Waals surface area (Å²) in [4.78, 5) is 22.9. The molecular weight excluding hydrogens is 174 g/mol. The minimum atomic E-state index is -0.888. The second-order valence-corrected chi connectivity index (χ2v) is 3.11. The van der Waals surface area contributed by atoms with Gasteiger partial charge in [0.2, 0.25) is 0 Å². The van der Waals surface area contributed by atoms with Crippen LogP contribution < -0.4 is 0 Å². The predicted molar refractivity (Wildman–Crippen MR) is 44.5 cm³/mol. The normalized spacial score (nSPS) is 18.2. The van der Waals surface area contributed by atoms with Gasteiger partial charge >= 0.3 is 5.97 Å².